The number of fused-ring (bicyclic) bond motifs is 2. The molecule has 0 unspecified atom stereocenters. The van der Waals surface area contributed by atoms with Crippen LogP contribution in [-0.4, -0.2) is 0 Å². The summed E-state index contributed by atoms with van der Waals surface area (Å²) in [5.41, 5.74) is -8.54. The van der Waals surface area contributed by atoms with Crippen molar-refractivity contribution in [2.75, 3.05) is 0 Å². The first-order valence-electron chi connectivity index (χ1n) is 8.17. The van der Waals surface area contributed by atoms with Crippen molar-refractivity contribution in [3.63, 3.8) is 0 Å². The lowest BCUT2D eigenvalue weighted by Crippen LogP contribution is -2.05. The van der Waals surface area contributed by atoms with Crippen LogP contribution in [-0.2, 0) is 0 Å². The van der Waals surface area contributed by atoms with Crippen LogP contribution in [0.2, 0.25) is 0 Å². The van der Waals surface area contributed by atoms with E-state index in [1.54, 1.807) is 24.3 Å². The summed E-state index contributed by atoms with van der Waals surface area (Å²) in [6.07, 6.45) is 0. The lowest BCUT2D eigenvalue weighted by molar-refractivity contribution is 0.590. The maximum atomic E-state index is 15.9. The molecule has 0 saturated heterocycles. The first kappa shape index (κ1) is 20.7. The summed E-state index contributed by atoms with van der Waals surface area (Å²) in [6, 6.07) is 12.0. The highest BCUT2D eigenvalue weighted by Crippen LogP contribution is 2.53. The zero-order valence-corrected chi connectivity index (χ0v) is 15.3. The van der Waals surface area contributed by atoms with Crippen LogP contribution >= 0.6 is 0 Å². The van der Waals surface area contributed by atoms with Crippen molar-refractivity contribution in [3.05, 3.63) is 56.2 Å². The molecular weight excluding hydrogens is 414 g/mol. The smallest absolute Gasteiger partial charge is 0.141 e. The molecular formula is C22F2N8. The molecule has 2 aliphatic carbocycles. The standard InChI is InChI=1S/C22F2N8/c23-21-17-13(7-31)11(5-29)15(9(1-25)2-26)19(17)22(24)20-16(10(3-27)4-28)12(6-30)14(8-32)18(20)21. The van der Waals surface area contributed by atoms with Crippen LogP contribution < -0.4 is 0 Å². The SMILES string of the molecule is N#CC(C#N)=C1C(C#N)=C(C#N)c2c(F)c3c(c(F)c21)C(=C(C#N)C#N)C(C#N)=C3C#N. The zero-order chi connectivity index (χ0) is 23.7. The van der Waals surface area contributed by atoms with E-state index in [9.17, 15) is 42.1 Å². The van der Waals surface area contributed by atoms with Gasteiger partial charge in [-0.05, 0) is 0 Å². The molecule has 10 heteroatoms. The van der Waals surface area contributed by atoms with Crippen LogP contribution in [0.1, 0.15) is 22.3 Å². The van der Waals surface area contributed by atoms with Crippen molar-refractivity contribution in [2.24, 2.45) is 0 Å². The molecule has 2 aliphatic rings. The number of nitrogens with zero attached hydrogens (tertiary/aromatic N) is 8. The molecule has 32 heavy (non-hydrogen) atoms. The zero-order valence-electron chi connectivity index (χ0n) is 15.3. The monoisotopic (exact) mass is 414 g/mol. The second-order valence-electron chi connectivity index (χ2n) is 6.02. The van der Waals surface area contributed by atoms with Gasteiger partial charge in [-0.1, -0.05) is 0 Å². The maximum absolute atomic E-state index is 15.9. The summed E-state index contributed by atoms with van der Waals surface area (Å²) >= 11 is 0. The van der Waals surface area contributed by atoms with Gasteiger partial charge in [0, 0.05) is 33.4 Å². The van der Waals surface area contributed by atoms with E-state index in [4.69, 9.17) is 0 Å². The number of allylic oxidation sites excluding steroid dienone is 8. The highest BCUT2D eigenvalue weighted by atomic mass is 19.1. The summed E-state index contributed by atoms with van der Waals surface area (Å²) in [5.74, 6) is -2.77. The maximum Gasteiger partial charge on any atom is 0.141 e. The summed E-state index contributed by atoms with van der Waals surface area (Å²) in [5, 5.41) is 75.0. The van der Waals surface area contributed by atoms with Crippen molar-refractivity contribution in [2.45, 2.75) is 0 Å². The van der Waals surface area contributed by atoms with Crippen molar-refractivity contribution in [3.8, 4) is 48.6 Å². The van der Waals surface area contributed by atoms with E-state index in [0.717, 1.165) is 0 Å². The quantitative estimate of drug-likeness (QED) is 0.578. The summed E-state index contributed by atoms with van der Waals surface area (Å²) in [7, 11) is 0. The Morgan fingerprint density at radius 3 is 0.969 bits per heavy atom. The molecule has 0 saturated carbocycles. The third-order valence-electron chi connectivity index (χ3n) is 4.77. The predicted molar refractivity (Wildman–Crippen MR) is 98.9 cm³/mol. The van der Waals surface area contributed by atoms with E-state index in [-0.39, 0.29) is 0 Å². The lowest BCUT2D eigenvalue weighted by Gasteiger charge is -2.13. The van der Waals surface area contributed by atoms with Gasteiger partial charge in [0.25, 0.3) is 0 Å². The minimum Gasteiger partial charge on any atom is -0.206 e. The largest absolute Gasteiger partial charge is 0.206 e. The topological polar surface area (TPSA) is 190 Å². The molecule has 0 amide bonds. The fourth-order valence-corrected chi connectivity index (χ4v) is 3.60. The minimum absolute atomic E-state index is 0.628. The Balaban J connectivity index is 2.76. The molecule has 0 aromatic heterocycles. The molecule has 3 rings (SSSR count). The predicted octanol–water partition coefficient (Wildman–Crippen LogP) is 3.20. The van der Waals surface area contributed by atoms with E-state index < -0.39 is 78.5 Å². The molecule has 0 radical (unpaired) electrons. The fourth-order valence-electron chi connectivity index (χ4n) is 3.60. The highest BCUT2D eigenvalue weighted by Gasteiger charge is 2.43. The molecule has 1 aromatic rings. The molecule has 0 fully saturated rings. The minimum atomic E-state index is -1.40. The van der Waals surface area contributed by atoms with Gasteiger partial charge in [0.2, 0.25) is 0 Å². The van der Waals surface area contributed by atoms with E-state index in [1.807, 2.05) is 0 Å². The molecule has 0 atom stereocenters. The Morgan fingerprint density at radius 1 is 0.438 bits per heavy atom. The van der Waals surface area contributed by atoms with Gasteiger partial charge in [0.05, 0.1) is 22.3 Å². The molecule has 0 heterocycles. The number of rotatable bonds is 0. The Bertz CT molecular complexity index is 1510. The van der Waals surface area contributed by atoms with Gasteiger partial charge in [-0.2, -0.15) is 42.1 Å². The first-order chi connectivity index (χ1) is 15.4. The average molecular weight is 414 g/mol. The van der Waals surface area contributed by atoms with Crippen LogP contribution in [0.5, 0.6) is 0 Å². The van der Waals surface area contributed by atoms with Crippen LogP contribution in [0.15, 0.2) is 22.3 Å². The molecule has 0 spiro atoms. The Hall–Kier alpha value is -6.04. The van der Waals surface area contributed by atoms with Gasteiger partial charge >= 0.3 is 0 Å². The summed E-state index contributed by atoms with van der Waals surface area (Å²) in [4.78, 5) is 0. The number of hydrogen-bond acceptors (Lipinski definition) is 8. The Kier molecular flexibility index (Phi) is 4.79. The van der Waals surface area contributed by atoms with Gasteiger partial charge in [-0.3, -0.25) is 0 Å². The van der Waals surface area contributed by atoms with Gasteiger partial charge in [0.15, 0.2) is 0 Å². The third kappa shape index (κ3) is 2.31. The molecule has 0 bridgehead atoms. The Morgan fingerprint density at radius 2 is 0.719 bits per heavy atom. The van der Waals surface area contributed by atoms with Crippen molar-refractivity contribution < 1.29 is 8.78 Å². The number of benzene rings is 1. The van der Waals surface area contributed by atoms with E-state index in [2.05, 4.69) is 0 Å². The van der Waals surface area contributed by atoms with Gasteiger partial charge in [0.1, 0.15) is 71.3 Å². The number of hydrogen-bond donors (Lipinski definition) is 0. The average Bonchev–Trinajstić information content (AvgIpc) is 3.32. The van der Waals surface area contributed by atoms with Gasteiger partial charge in [-0.15, -0.1) is 0 Å². The summed E-state index contributed by atoms with van der Waals surface area (Å²) < 4.78 is 31.6. The molecule has 142 valence electrons. The molecule has 0 aliphatic heterocycles. The highest BCUT2D eigenvalue weighted by molar-refractivity contribution is 6.14. The first-order valence-corrected chi connectivity index (χ1v) is 8.17. The van der Waals surface area contributed by atoms with Crippen molar-refractivity contribution >= 4 is 22.3 Å². The van der Waals surface area contributed by atoms with Gasteiger partial charge < -0.3 is 0 Å². The van der Waals surface area contributed by atoms with Crippen LogP contribution in [0.4, 0.5) is 8.78 Å². The molecule has 8 nitrogen and oxygen atoms in total. The number of nitriles is 8. The number of halogens is 2. The molecule has 0 N–H and O–H groups in total. The van der Waals surface area contributed by atoms with E-state index >= 15 is 8.78 Å². The van der Waals surface area contributed by atoms with Crippen molar-refractivity contribution in [1.82, 2.24) is 0 Å². The second-order valence-corrected chi connectivity index (χ2v) is 6.02. The normalized spacial score (nSPS) is 12.7. The third-order valence-corrected chi connectivity index (χ3v) is 4.77. The van der Waals surface area contributed by atoms with Crippen LogP contribution in [0.25, 0.3) is 22.3 Å². The van der Waals surface area contributed by atoms with Crippen LogP contribution in [0.3, 0.4) is 0 Å². The van der Waals surface area contributed by atoms with Gasteiger partial charge in [-0.25, -0.2) is 8.78 Å². The van der Waals surface area contributed by atoms with Crippen LogP contribution in [0, 0.1) is 102 Å². The molecule has 1 aromatic carbocycles. The van der Waals surface area contributed by atoms with E-state index in [0.29, 0.717) is 0 Å². The summed E-state index contributed by atoms with van der Waals surface area (Å²) in [6.45, 7) is 0. The lowest BCUT2D eigenvalue weighted by atomic mass is 9.90. The fraction of sp³-hybridized carbons (Fsp3) is 0. The van der Waals surface area contributed by atoms with Crippen molar-refractivity contribution in [1.29, 1.82) is 42.1 Å². The van der Waals surface area contributed by atoms with E-state index in [1.165, 1.54) is 24.3 Å². The second kappa shape index (κ2) is 7.41. The Labute approximate surface area is 178 Å².